The van der Waals surface area contributed by atoms with Gasteiger partial charge in [0.2, 0.25) is 0 Å². The molecule has 1 aliphatic rings. The number of amides is 4. The molecular formula is C21H19F4N3O3. The van der Waals surface area contributed by atoms with E-state index in [1.54, 1.807) is 13.8 Å². The molecule has 1 aliphatic heterocycles. The van der Waals surface area contributed by atoms with Crippen molar-refractivity contribution in [2.24, 2.45) is 5.92 Å². The molecule has 0 spiro atoms. The van der Waals surface area contributed by atoms with Gasteiger partial charge in [-0.2, -0.15) is 13.2 Å². The van der Waals surface area contributed by atoms with Gasteiger partial charge < -0.3 is 10.6 Å². The SMILES string of the molecule is CC(C)C1(CNC(=O)c2ccc(F)cc2-c2ccc(C(F)(F)F)cc2)NC(=O)NC1=O. The van der Waals surface area contributed by atoms with Crippen molar-refractivity contribution in [2.75, 3.05) is 6.54 Å². The van der Waals surface area contributed by atoms with E-state index in [0.717, 1.165) is 36.4 Å². The van der Waals surface area contributed by atoms with Crippen LogP contribution in [0.25, 0.3) is 11.1 Å². The molecule has 4 amide bonds. The van der Waals surface area contributed by atoms with E-state index >= 15 is 0 Å². The van der Waals surface area contributed by atoms with Crippen molar-refractivity contribution in [1.29, 1.82) is 0 Å². The smallest absolute Gasteiger partial charge is 0.349 e. The second-order valence-corrected chi connectivity index (χ2v) is 7.48. The van der Waals surface area contributed by atoms with Gasteiger partial charge in [-0.15, -0.1) is 0 Å². The first-order valence-electron chi connectivity index (χ1n) is 9.33. The largest absolute Gasteiger partial charge is 0.416 e. The third-order valence-electron chi connectivity index (χ3n) is 5.23. The highest BCUT2D eigenvalue weighted by Gasteiger charge is 2.48. The molecule has 2 aromatic rings. The number of rotatable bonds is 5. The van der Waals surface area contributed by atoms with E-state index in [0.29, 0.717) is 0 Å². The van der Waals surface area contributed by atoms with E-state index < -0.39 is 40.9 Å². The summed E-state index contributed by atoms with van der Waals surface area (Å²) in [5.74, 6) is -2.30. The number of urea groups is 1. The summed E-state index contributed by atoms with van der Waals surface area (Å²) in [6.45, 7) is 3.16. The van der Waals surface area contributed by atoms with Crippen LogP contribution in [0.2, 0.25) is 0 Å². The number of hydrogen-bond acceptors (Lipinski definition) is 3. The molecule has 0 radical (unpaired) electrons. The van der Waals surface area contributed by atoms with Crippen LogP contribution < -0.4 is 16.0 Å². The highest BCUT2D eigenvalue weighted by Crippen LogP contribution is 2.32. The van der Waals surface area contributed by atoms with Gasteiger partial charge >= 0.3 is 12.2 Å². The van der Waals surface area contributed by atoms with Crippen LogP contribution in [0.1, 0.15) is 29.8 Å². The summed E-state index contributed by atoms with van der Waals surface area (Å²) < 4.78 is 52.3. The van der Waals surface area contributed by atoms with Gasteiger partial charge in [-0.25, -0.2) is 9.18 Å². The monoisotopic (exact) mass is 437 g/mol. The molecule has 10 heteroatoms. The quantitative estimate of drug-likeness (QED) is 0.495. The number of carbonyl (C=O) groups is 3. The fourth-order valence-corrected chi connectivity index (χ4v) is 3.35. The van der Waals surface area contributed by atoms with Crippen molar-refractivity contribution < 1.29 is 31.9 Å². The van der Waals surface area contributed by atoms with E-state index in [-0.39, 0.29) is 29.2 Å². The Hall–Kier alpha value is -3.43. The van der Waals surface area contributed by atoms with Crippen molar-refractivity contribution in [3.8, 4) is 11.1 Å². The van der Waals surface area contributed by atoms with Crippen LogP contribution in [0, 0.1) is 11.7 Å². The van der Waals surface area contributed by atoms with Gasteiger partial charge in [0, 0.05) is 5.56 Å². The second kappa shape index (κ2) is 8.01. The number of alkyl halides is 3. The van der Waals surface area contributed by atoms with Gasteiger partial charge in [0.05, 0.1) is 12.1 Å². The summed E-state index contributed by atoms with van der Waals surface area (Å²) in [5, 5.41) is 7.21. The number of benzene rings is 2. The summed E-state index contributed by atoms with van der Waals surface area (Å²) in [6.07, 6.45) is -4.53. The molecule has 1 fully saturated rings. The summed E-state index contributed by atoms with van der Waals surface area (Å²) in [5.41, 5.74) is -1.93. The molecule has 3 rings (SSSR count). The average Bonchev–Trinajstić information content (AvgIpc) is 2.99. The van der Waals surface area contributed by atoms with Crippen molar-refractivity contribution in [2.45, 2.75) is 25.6 Å². The minimum absolute atomic E-state index is 0.00444. The van der Waals surface area contributed by atoms with Gasteiger partial charge in [-0.1, -0.05) is 26.0 Å². The molecule has 164 valence electrons. The molecule has 0 aliphatic carbocycles. The number of carbonyl (C=O) groups excluding carboxylic acids is 3. The highest BCUT2D eigenvalue weighted by molar-refractivity contribution is 6.08. The molecule has 1 saturated heterocycles. The summed E-state index contributed by atoms with van der Waals surface area (Å²) in [7, 11) is 0. The Labute approximate surface area is 175 Å². The zero-order chi connectivity index (χ0) is 23.0. The predicted molar refractivity (Wildman–Crippen MR) is 103 cm³/mol. The molecule has 31 heavy (non-hydrogen) atoms. The lowest BCUT2D eigenvalue weighted by molar-refractivity contribution is -0.137. The van der Waals surface area contributed by atoms with E-state index in [1.165, 1.54) is 6.07 Å². The molecule has 6 nitrogen and oxygen atoms in total. The summed E-state index contributed by atoms with van der Waals surface area (Å²) in [4.78, 5) is 36.7. The lowest BCUT2D eigenvalue weighted by atomic mass is 9.86. The zero-order valence-corrected chi connectivity index (χ0v) is 16.6. The fraction of sp³-hybridized carbons (Fsp3) is 0.286. The summed E-state index contributed by atoms with van der Waals surface area (Å²) in [6, 6.07) is 6.59. The lowest BCUT2D eigenvalue weighted by Gasteiger charge is -2.30. The van der Waals surface area contributed by atoms with E-state index in [4.69, 9.17) is 0 Å². The van der Waals surface area contributed by atoms with Crippen LogP contribution in [-0.2, 0) is 11.0 Å². The number of imide groups is 1. The fourth-order valence-electron chi connectivity index (χ4n) is 3.35. The maximum absolute atomic E-state index is 13.8. The number of nitrogens with one attached hydrogen (secondary N) is 3. The zero-order valence-electron chi connectivity index (χ0n) is 16.6. The van der Waals surface area contributed by atoms with Crippen LogP contribution in [0.15, 0.2) is 42.5 Å². The van der Waals surface area contributed by atoms with E-state index in [9.17, 15) is 31.9 Å². The molecule has 1 heterocycles. The van der Waals surface area contributed by atoms with E-state index in [1.807, 2.05) is 0 Å². The molecule has 0 saturated carbocycles. The molecule has 1 unspecified atom stereocenters. The maximum atomic E-state index is 13.8. The first-order chi connectivity index (χ1) is 14.4. The Balaban J connectivity index is 1.89. The second-order valence-electron chi connectivity index (χ2n) is 7.48. The minimum Gasteiger partial charge on any atom is -0.349 e. The Morgan fingerprint density at radius 3 is 2.26 bits per heavy atom. The predicted octanol–water partition coefficient (Wildman–Crippen LogP) is 3.48. The van der Waals surface area contributed by atoms with Gasteiger partial charge in [-0.3, -0.25) is 14.9 Å². The van der Waals surface area contributed by atoms with Crippen LogP contribution in [0.4, 0.5) is 22.4 Å². The Bertz CT molecular complexity index is 1040. The van der Waals surface area contributed by atoms with Crippen molar-refractivity contribution in [1.82, 2.24) is 16.0 Å². The van der Waals surface area contributed by atoms with Crippen molar-refractivity contribution >= 4 is 17.8 Å². The van der Waals surface area contributed by atoms with Gasteiger partial charge in [0.25, 0.3) is 11.8 Å². The topological polar surface area (TPSA) is 87.3 Å². The van der Waals surface area contributed by atoms with Crippen LogP contribution in [0.5, 0.6) is 0 Å². The average molecular weight is 437 g/mol. The van der Waals surface area contributed by atoms with Crippen LogP contribution in [0.3, 0.4) is 0 Å². The molecular weight excluding hydrogens is 418 g/mol. The maximum Gasteiger partial charge on any atom is 0.416 e. The molecule has 1 atom stereocenters. The Morgan fingerprint density at radius 2 is 1.74 bits per heavy atom. The summed E-state index contributed by atoms with van der Waals surface area (Å²) >= 11 is 0. The van der Waals surface area contributed by atoms with Crippen LogP contribution >= 0.6 is 0 Å². The normalized spacial score (nSPS) is 18.7. The minimum atomic E-state index is -4.53. The highest BCUT2D eigenvalue weighted by atomic mass is 19.4. The molecule has 0 aromatic heterocycles. The van der Waals surface area contributed by atoms with Crippen molar-refractivity contribution in [3.05, 3.63) is 59.4 Å². The Kier molecular flexibility index (Phi) is 5.75. The first-order valence-corrected chi connectivity index (χ1v) is 9.33. The molecule has 3 N–H and O–H groups in total. The van der Waals surface area contributed by atoms with Gasteiger partial charge in [-0.05, 0) is 47.4 Å². The van der Waals surface area contributed by atoms with Crippen LogP contribution in [-0.4, -0.2) is 29.9 Å². The molecule has 2 aromatic carbocycles. The number of hydrogen-bond donors (Lipinski definition) is 3. The lowest BCUT2D eigenvalue weighted by Crippen LogP contribution is -2.58. The van der Waals surface area contributed by atoms with E-state index in [2.05, 4.69) is 16.0 Å². The third-order valence-corrected chi connectivity index (χ3v) is 5.23. The first kappa shape index (κ1) is 22.3. The standard InChI is InChI=1S/C21H19F4N3O3/c1-11(2)20(18(30)27-19(31)28-20)10-26-17(29)15-8-7-14(22)9-16(15)12-3-5-13(6-4-12)21(23,24)25/h3-9,11H,10H2,1-2H3,(H,26,29)(H2,27,28,30,31). The Morgan fingerprint density at radius 1 is 1.10 bits per heavy atom. The van der Waals surface area contributed by atoms with Gasteiger partial charge in [0.1, 0.15) is 11.4 Å². The van der Waals surface area contributed by atoms with Crippen molar-refractivity contribution in [3.63, 3.8) is 0 Å². The number of halogens is 4. The molecule has 0 bridgehead atoms. The van der Waals surface area contributed by atoms with Gasteiger partial charge in [0.15, 0.2) is 0 Å². The third kappa shape index (κ3) is 4.37.